The van der Waals surface area contributed by atoms with E-state index in [1.165, 1.54) is 19.3 Å². The summed E-state index contributed by atoms with van der Waals surface area (Å²) < 4.78 is 0. The number of nitrogens with one attached hydrogen (secondary N) is 2. The third kappa shape index (κ3) is 4.72. The van der Waals surface area contributed by atoms with Crippen LogP contribution in [0.4, 0.5) is 0 Å². The Morgan fingerprint density at radius 2 is 1.54 bits per heavy atom. The fourth-order valence-corrected chi connectivity index (χ4v) is 3.42. The summed E-state index contributed by atoms with van der Waals surface area (Å²) in [4.78, 5) is 25.0. The smallest absolute Gasteiger partial charge is 0.251 e. The number of carbonyl (C=O) groups is 2. The van der Waals surface area contributed by atoms with E-state index in [-0.39, 0.29) is 23.9 Å². The maximum absolute atomic E-state index is 12.6. The van der Waals surface area contributed by atoms with Gasteiger partial charge < -0.3 is 10.6 Å². The second-order valence-corrected chi connectivity index (χ2v) is 7.00. The highest BCUT2D eigenvalue weighted by Crippen LogP contribution is 2.18. The summed E-state index contributed by atoms with van der Waals surface area (Å²) >= 11 is 0. The normalized spacial score (nSPS) is 15.9. The Morgan fingerprint density at radius 1 is 0.885 bits per heavy atom. The van der Waals surface area contributed by atoms with Gasteiger partial charge in [0.05, 0.1) is 6.04 Å². The molecule has 136 valence electrons. The average molecular weight is 350 g/mol. The van der Waals surface area contributed by atoms with Crippen LogP contribution >= 0.6 is 0 Å². The number of amides is 2. The maximum atomic E-state index is 12.6. The predicted octanol–water partition coefficient (Wildman–Crippen LogP) is 4.24. The number of benzene rings is 2. The lowest BCUT2D eigenvalue weighted by atomic mass is 9.95. The van der Waals surface area contributed by atoms with Crippen molar-refractivity contribution in [2.24, 2.45) is 0 Å². The van der Waals surface area contributed by atoms with Crippen LogP contribution < -0.4 is 10.6 Å². The molecule has 1 saturated carbocycles. The minimum Gasteiger partial charge on any atom is -0.349 e. The summed E-state index contributed by atoms with van der Waals surface area (Å²) in [6, 6.07) is 16.9. The molecule has 2 N–H and O–H groups in total. The lowest BCUT2D eigenvalue weighted by Gasteiger charge is -2.22. The molecule has 0 saturated heterocycles. The largest absolute Gasteiger partial charge is 0.349 e. The van der Waals surface area contributed by atoms with Gasteiger partial charge in [-0.15, -0.1) is 0 Å². The Morgan fingerprint density at radius 3 is 2.23 bits per heavy atom. The van der Waals surface area contributed by atoms with Gasteiger partial charge in [0, 0.05) is 17.2 Å². The third-order valence-corrected chi connectivity index (χ3v) is 4.97. The highest BCUT2D eigenvalue weighted by Gasteiger charge is 2.18. The van der Waals surface area contributed by atoms with Crippen LogP contribution in [0.3, 0.4) is 0 Å². The zero-order valence-electron chi connectivity index (χ0n) is 15.2. The zero-order valence-corrected chi connectivity index (χ0v) is 15.2. The van der Waals surface area contributed by atoms with Gasteiger partial charge in [0.1, 0.15) is 0 Å². The second kappa shape index (κ2) is 8.65. The zero-order chi connectivity index (χ0) is 18.4. The fraction of sp³-hybridized carbons (Fsp3) is 0.364. The van der Waals surface area contributed by atoms with Crippen molar-refractivity contribution in [3.05, 3.63) is 71.3 Å². The van der Waals surface area contributed by atoms with Crippen molar-refractivity contribution in [3.63, 3.8) is 0 Å². The van der Waals surface area contributed by atoms with Crippen molar-refractivity contribution in [2.45, 2.75) is 51.1 Å². The maximum Gasteiger partial charge on any atom is 0.251 e. The van der Waals surface area contributed by atoms with Gasteiger partial charge in [-0.1, -0.05) is 55.7 Å². The first-order valence-electron chi connectivity index (χ1n) is 9.40. The molecule has 4 nitrogen and oxygen atoms in total. The molecule has 1 aliphatic rings. The predicted molar refractivity (Wildman–Crippen MR) is 103 cm³/mol. The number of hydrogen-bond donors (Lipinski definition) is 2. The molecule has 2 aromatic rings. The van der Waals surface area contributed by atoms with Crippen molar-refractivity contribution in [2.75, 3.05) is 0 Å². The van der Waals surface area contributed by atoms with Gasteiger partial charge in [0.15, 0.2) is 0 Å². The standard InChI is InChI=1S/C22H26N2O2/c1-16(17-9-4-2-5-10-17)23-21(25)18-11-8-12-19(15-18)22(26)24-20-13-6-3-7-14-20/h2,4-5,8-12,15-16,20H,3,6-7,13-14H2,1H3,(H,23,25)(H,24,26). The molecular formula is C22H26N2O2. The van der Waals surface area contributed by atoms with Crippen molar-refractivity contribution in [1.29, 1.82) is 0 Å². The van der Waals surface area contributed by atoms with Crippen LogP contribution in [0, 0.1) is 0 Å². The molecule has 4 heteroatoms. The first-order valence-corrected chi connectivity index (χ1v) is 9.40. The lowest BCUT2D eigenvalue weighted by molar-refractivity contribution is 0.0927. The molecule has 0 aromatic heterocycles. The molecule has 1 unspecified atom stereocenters. The minimum absolute atomic E-state index is 0.0941. The Balaban J connectivity index is 1.64. The van der Waals surface area contributed by atoms with Crippen molar-refractivity contribution in [3.8, 4) is 0 Å². The van der Waals surface area contributed by atoms with E-state index >= 15 is 0 Å². The van der Waals surface area contributed by atoms with Crippen LogP contribution in [0.15, 0.2) is 54.6 Å². The monoisotopic (exact) mass is 350 g/mol. The number of rotatable bonds is 5. The summed E-state index contributed by atoms with van der Waals surface area (Å²) in [6.45, 7) is 1.95. The van der Waals surface area contributed by atoms with Crippen molar-refractivity contribution in [1.82, 2.24) is 10.6 Å². The Hall–Kier alpha value is -2.62. The molecule has 3 rings (SSSR count). The van der Waals surface area contributed by atoms with Gasteiger partial charge >= 0.3 is 0 Å². The molecule has 1 aliphatic carbocycles. The van der Waals surface area contributed by atoms with Crippen LogP contribution in [0.5, 0.6) is 0 Å². The molecule has 1 atom stereocenters. The van der Waals surface area contributed by atoms with E-state index in [4.69, 9.17) is 0 Å². The van der Waals surface area contributed by atoms with Gasteiger partial charge in [0.2, 0.25) is 0 Å². The lowest BCUT2D eigenvalue weighted by Crippen LogP contribution is -2.36. The first kappa shape index (κ1) is 18.2. The summed E-state index contributed by atoms with van der Waals surface area (Å²) in [7, 11) is 0. The van der Waals surface area contributed by atoms with E-state index in [1.807, 2.05) is 37.3 Å². The van der Waals surface area contributed by atoms with Gasteiger partial charge in [-0.3, -0.25) is 9.59 Å². The minimum atomic E-state index is -0.173. The van der Waals surface area contributed by atoms with E-state index in [0.29, 0.717) is 11.1 Å². The van der Waals surface area contributed by atoms with E-state index in [0.717, 1.165) is 18.4 Å². The molecular weight excluding hydrogens is 324 g/mol. The van der Waals surface area contributed by atoms with Crippen molar-refractivity contribution < 1.29 is 9.59 Å². The average Bonchev–Trinajstić information content (AvgIpc) is 2.69. The molecule has 2 amide bonds. The summed E-state index contributed by atoms with van der Waals surface area (Å²) in [5.74, 6) is -0.267. The number of carbonyl (C=O) groups excluding carboxylic acids is 2. The Bertz CT molecular complexity index is 752. The fourth-order valence-electron chi connectivity index (χ4n) is 3.42. The summed E-state index contributed by atoms with van der Waals surface area (Å²) in [5, 5.41) is 6.09. The summed E-state index contributed by atoms with van der Waals surface area (Å²) in [6.07, 6.45) is 5.68. The SMILES string of the molecule is CC(NC(=O)c1cccc(C(=O)NC2CCCCC2)c1)c1ccccc1. The second-order valence-electron chi connectivity index (χ2n) is 7.00. The molecule has 2 aromatic carbocycles. The highest BCUT2D eigenvalue weighted by atomic mass is 16.2. The molecule has 0 heterocycles. The topological polar surface area (TPSA) is 58.2 Å². The molecule has 1 fully saturated rings. The Kier molecular flexibility index (Phi) is 6.05. The van der Waals surface area contributed by atoms with Crippen LogP contribution in [0.2, 0.25) is 0 Å². The molecule has 0 spiro atoms. The first-order chi connectivity index (χ1) is 12.6. The molecule has 0 radical (unpaired) electrons. The van der Waals surface area contributed by atoms with E-state index in [1.54, 1.807) is 24.3 Å². The van der Waals surface area contributed by atoms with Gasteiger partial charge in [-0.2, -0.15) is 0 Å². The van der Waals surface area contributed by atoms with E-state index in [9.17, 15) is 9.59 Å². The Labute approximate surface area is 155 Å². The van der Waals surface area contributed by atoms with E-state index in [2.05, 4.69) is 10.6 Å². The van der Waals surface area contributed by atoms with E-state index < -0.39 is 0 Å². The van der Waals surface area contributed by atoms with Crippen LogP contribution in [0.1, 0.15) is 71.3 Å². The van der Waals surface area contributed by atoms with Crippen LogP contribution in [-0.4, -0.2) is 17.9 Å². The van der Waals surface area contributed by atoms with Gasteiger partial charge in [0.25, 0.3) is 11.8 Å². The quantitative estimate of drug-likeness (QED) is 0.847. The highest BCUT2D eigenvalue weighted by molar-refractivity contribution is 5.99. The molecule has 0 aliphatic heterocycles. The molecule has 26 heavy (non-hydrogen) atoms. The van der Waals surface area contributed by atoms with Crippen LogP contribution in [-0.2, 0) is 0 Å². The van der Waals surface area contributed by atoms with Gasteiger partial charge in [-0.25, -0.2) is 0 Å². The number of hydrogen-bond acceptors (Lipinski definition) is 2. The molecule has 0 bridgehead atoms. The van der Waals surface area contributed by atoms with Gasteiger partial charge in [-0.05, 0) is 43.5 Å². The third-order valence-electron chi connectivity index (χ3n) is 4.97. The van der Waals surface area contributed by atoms with Crippen LogP contribution in [0.25, 0.3) is 0 Å². The summed E-state index contributed by atoms with van der Waals surface area (Å²) in [5.41, 5.74) is 2.09. The van der Waals surface area contributed by atoms with Crippen molar-refractivity contribution >= 4 is 11.8 Å².